The summed E-state index contributed by atoms with van der Waals surface area (Å²) in [6, 6.07) is 14.4. The van der Waals surface area contributed by atoms with Crippen LogP contribution in [0.25, 0.3) is 12.2 Å². The van der Waals surface area contributed by atoms with E-state index in [0.717, 1.165) is 73.8 Å². The lowest BCUT2D eigenvalue weighted by atomic mass is 9.74. The van der Waals surface area contributed by atoms with Gasteiger partial charge in [-0.3, -0.25) is 4.79 Å². The summed E-state index contributed by atoms with van der Waals surface area (Å²) in [7, 11) is 0. The van der Waals surface area contributed by atoms with Crippen molar-refractivity contribution in [2.75, 3.05) is 32.8 Å². The summed E-state index contributed by atoms with van der Waals surface area (Å²) in [4.78, 5) is 14.3. The number of benzene rings is 2. The molecule has 5 heteroatoms. The van der Waals surface area contributed by atoms with Crippen LogP contribution in [0.1, 0.15) is 55.7 Å². The van der Waals surface area contributed by atoms with Crippen LogP contribution in [0.4, 0.5) is 0 Å². The zero-order valence-electron chi connectivity index (χ0n) is 18.8. The minimum atomic E-state index is -0.0781. The first-order chi connectivity index (χ1) is 15.6. The standard InChI is InChI=1S/C27H32ClNO3/c1-2-3-18-31-26(30)12-15-29-16-13-27(14-17-29)20-32-25-19-21(9-11-23(25)27)8-10-22-6-4-5-7-24(22)28/h4-11,19H,2-3,12-18,20H2,1H3/b10-8+. The highest BCUT2D eigenvalue weighted by molar-refractivity contribution is 6.32. The van der Waals surface area contributed by atoms with Gasteiger partial charge in [-0.05, 0) is 55.6 Å². The number of fused-ring (bicyclic) bond motifs is 2. The number of halogens is 1. The molecule has 2 aliphatic heterocycles. The van der Waals surface area contributed by atoms with Gasteiger partial charge in [0.25, 0.3) is 0 Å². The average Bonchev–Trinajstić information content (AvgIpc) is 3.16. The highest BCUT2D eigenvalue weighted by atomic mass is 35.5. The molecule has 1 spiro atoms. The van der Waals surface area contributed by atoms with Gasteiger partial charge >= 0.3 is 5.97 Å². The number of esters is 1. The molecule has 170 valence electrons. The van der Waals surface area contributed by atoms with Crippen LogP contribution >= 0.6 is 11.6 Å². The second-order valence-electron chi connectivity index (χ2n) is 8.85. The van der Waals surface area contributed by atoms with Crippen molar-refractivity contribution in [3.8, 4) is 5.75 Å². The van der Waals surface area contributed by atoms with E-state index in [1.165, 1.54) is 5.56 Å². The van der Waals surface area contributed by atoms with Gasteiger partial charge in [-0.2, -0.15) is 0 Å². The van der Waals surface area contributed by atoms with Gasteiger partial charge in [-0.15, -0.1) is 0 Å². The van der Waals surface area contributed by atoms with Gasteiger partial charge in [0.2, 0.25) is 0 Å². The molecule has 0 atom stereocenters. The Labute approximate surface area is 196 Å². The smallest absolute Gasteiger partial charge is 0.307 e. The monoisotopic (exact) mass is 453 g/mol. The first-order valence-electron chi connectivity index (χ1n) is 11.7. The Balaban J connectivity index is 1.33. The molecule has 1 fully saturated rings. The minimum Gasteiger partial charge on any atom is -0.492 e. The molecule has 1 saturated heterocycles. The molecule has 0 bridgehead atoms. The quantitative estimate of drug-likeness (QED) is 0.280. The topological polar surface area (TPSA) is 38.8 Å². The van der Waals surface area contributed by atoms with Crippen molar-refractivity contribution in [1.82, 2.24) is 4.90 Å². The first-order valence-corrected chi connectivity index (χ1v) is 12.1. The van der Waals surface area contributed by atoms with Crippen LogP contribution in [0.3, 0.4) is 0 Å². The van der Waals surface area contributed by atoms with Crippen LogP contribution in [0.15, 0.2) is 42.5 Å². The van der Waals surface area contributed by atoms with Gasteiger partial charge < -0.3 is 14.4 Å². The SMILES string of the molecule is CCCCOC(=O)CCN1CCC2(CC1)COc1cc(/C=C/c3ccccc3Cl)ccc12. The summed E-state index contributed by atoms with van der Waals surface area (Å²) in [5.41, 5.74) is 3.54. The molecule has 0 N–H and O–H groups in total. The van der Waals surface area contributed by atoms with E-state index in [1.54, 1.807) is 0 Å². The highest BCUT2D eigenvalue weighted by Crippen LogP contribution is 2.46. The fourth-order valence-electron chi connectivity index (χ4n) is 4.56. The molecule has 0 unspecified atom stereocenters. The number of nitrogens with zero attached hydrogens (tertiary/aromatic N) is 1. The van der Waals surface area contributed by atoms with Crippen LogP contribution < -0.4 is 4.74 Å². The minimum absolute atomic E-state index is 0.0781. The first kappa shape index (κ1) is 22.9. The van der Waals surface area contributed by atoms with Crippen molar-refractivity contribution in [2.45, 2.75) is 44.4 Å². The normalized spacial score (nSPS) is 17.4. The fraction of sp³-hybridized carbons (Fsp3) is 0.444. The van der Waals surface area contributed by atoms with E-state index in [4.69, 9.17) is 21.1 Å². The summed E-state index contributed by atoms with van der Waals surface area (Å²) in [5, 5.41) is 0.751. The zero-order chi connectivity index (χ0) is 22.4. The van der Waals surface area contributed by atoms with Crippen molar-refractivity contribution < 1.29 is 14.3 Å². The third-order valence-corrected chi connectivity index (χ3v) is 6.99. The van der Waals surface area contributed by atoms with Gasteiger partial charge in [0.05, 0.1) is 19.6 Å². The van der Waals surface area contributed by atoms with Crippen molar-refractivity contribution in [3.63, 3.8) is 0 Å². The zero-order valence-corrected chi connectivity index (χ0v) is 19.6. The van der Waals surface area contributed by atoms with Gasteiger partial charge in [0.15, 0.2) is 0 Å². The van der Waals surface area contributed by atoms with E-state index >= 15 is 0 Å². The van der Waals surface area contributed by atoms with E-state index in [0.29, 0.717) is 13.0 Å². The second kappa shape index (κ2) is 10.5. The Kier molecular flexibility index (Phi) is 7.54. The molecular weight excluding hydrogens is 422 g/mol. The predicted molar refractivity (Wildman–Crippen MR) is 130 cm³/mol. The number of likely N-dealkylation sites (tertiary alicyclic amines) is 1. The number of carbonyl (C=O) groups excluding carboxylic acids is 1. The molecule has 0 radical (unpaired) electrons. The second-order valence-corrected chi connectivity index (χ2v) is 9.25. The summed E-state index contributed by atoms with van der Waals surface area (Å²) < 4.78 is 11.4. The molecule has 32 heavy (non-hydrogen) atoms. The Morgan fingerprint density at radius 1 is 1.19 bits per heavy atom. The van der Waals surface area contributed by atoms with E-state index in [1.807, 2.05) is 30.3 Å². The molecule has 0 aliphatic carbocycles. The Bertz CT molecular complexity index is 963. The maximum Gasteiger partial charge on any atom is 0.307 e. The van der Waals surface area contributed by atoms with Crippen molar-refractivity contribution >= 4 is 29.7 Å². The maximum atomic E-state index is 11.9. The molecule has 0 amide bonds. The summed E-state index contributed by atoms with van der Waals surface area (Å²) in [5.74, 6) is 0.921. The van der Waals surface area contributed by atoms with Crippen molar-refractivity contribution in [1.29, 1.82) is 0 Å². The van der Waals surface area contributed by atoms with E-state index < -0.39 is 0 Å². The fourth-order valence-corrected chi connectivity index (χ4v) is 4.76. The van der Waals surface area contributed by atoms with Crippen LogP contribution in [-0.2, 0) is 14.9 Å². The number of unbranched alkanes of at least 4 members (excludes halogenated alkanes) is 1. The molecular formula is C27H32ClNO3. The van der Waals surface area contributed by atoms with Gasteiger partial charge in [0, 0.05) is 22.5 Å². The van der Waals surface area contributed by atoms with Crippen LogP contribution in [-0.4, -0.2) is 43.7 Å². The van der Waals surface area contributed by atoms with Gasteiger partial charge in [-0.25, -0.2) is 0 Å². The average molecular weight is 454 g/mol. The number of hydrogen-bond acceptors (Lipinski definition) is 4. The number of carbonyl (C=O) groups is 1. The molecule has 0 aromatic heterocycles. The Morgan fingerprint density at radius 3 is 2.78 bits per heavy atom. The lowest BCUT2D eigenvalue weighted by Gasteiger charge is -2.38. The Morgan fingerprint density at radius 2 is 2.00 bits per heavy atom. The number of hydrogen-bond donors (Lipinski definition) is 0. The van der Waals surface area contributed by atoms with Gasteiger partial charge in [0.1, 0.15) is 5.75 Å². The molecule has 2 aromatic rings. The number of piperidine rings is 1. The van der Waals surface area contributed by atoms with Crippen LogP contribution in [0, 0.1) is 0 Å². The van der Waals surface area contributed by atoms with Crippen molar-refractivity contribution in [3.05, 3.63) is 64.2 Å². The summed E-state index contributed by atoms with van der Waals surface area (Å²) in [6.45, 7) is 6.13. The largest absolute Gasteiger partial charge is 0.492 e. The van der Waals surface area contributed by atoms with E-state index in [9.17, 15) is 4.79 Å². The number of ether oxygens (including phenoxy) is 2. The lowest BCUT2D eigenvalue weighted by molar-refractivity contribution is -0.144. The third-order valence-electron chi connectivity index (χ3n) is 6.65. The van der Waals surface area contributed by atoms with E-state index in [2.05, 4.69) is 36.1 Å². The Hall–Kier alpha value is -2.30. The number of rotatable bonds is 8. The summed E-state index contributed by atoms with van der Waals surface area (Å²) >= 11 is 6.26. The third kappa shape index (κ3) is 5.36. The molecule has 2 aliphatic rings. The van der Waals surface area contributed by atoms with E-state index in [-0.39, 0.29) is 11.4 Å². The summed E-state index contributed by atoms with van der Waals surface area (Å²) in [6.07, 6.45) is 8.70. The predicted octanol–water partition coefficient (Wildman–Crippen LogP) is 5.97. The molecule has 2 aromatic carbocycles. The maximum absolute atomic E-state index is 11.9. The van der Waals surface area contributed by atoms with Gasteiger partial charge in [-0.1, -0.05) is 67.4 Å². The molecule has 2 heterocycles. The highest BCUT2D eigenvalue weighted by Gasteiger charge is 2.42. The van der Waals surface area contributed by atoms with Crippen LogP contribution in [0.5, 0.6) is 5.75 Å². The van der Waals surface area contributed by atoms with Crippen molar-refractivity contribution in [2.24, 2.45) is 0 Å². The van der Waals surface area contributed by atoms with Crippen LogP contribution in [0.2, 0.25) is 5.02 Å². The molecule has 4 nitrogen and oxygen atoms in total. The lowest BCUT2D eigenvalue weighted by Crippen LogP contribution is -2.44. The molecule has 0 saturated carbocycles. The molecule has 4 rings (SSSR count).